The Morgan fingerprint density at radius 1 is 1.14 bits per heavy atom. The molecule has 0 aliphatic rings. The molecule has 0 unspecified atom stereocenters. The highest BCUT2D eigenvalue weighted by molar-refractivity contribution is 9.10. The van der Waals surface area contributed by atoms with Gasteiger partial charge in [0.05, 0.1) is 16.3 Å². The fraction of sp³-hybridized carbons (Fsp3) is 0.0667. The normalized spacial score (nSPS) is 11.3. The molecule has 0 fully saturated rings. The number of nitrogens with one attached hydrogen (secondary N) is 1. The van der Waals surface area contributed by atoms with E-state index in [0.29, 0.717) is 16.3 Å². The molecule has 0 spiro atoms. The molecule has 3 nitrogen and oxygen atoms in total. The summed E-state index contributed by atoms with van der Waals surface area (Å²) < 4.78 is 0.982. The second-order valence-corrected chi connectivity index (χ2v) is 6.03. The van der Waals surface area contributed by atoms with E-state index >= 15 is 0 Å². The maximum Gasteiger partial charge on any atom is 0.272 e. The Morgan fingerprint density at radius 2 is 1.81 bits per heavy atom. The van der Waals surface area contributed by atoms with Crippen LogP contribution in [-0.2, 0) is 0 Å². The minimum atomic E-state index is -0.381. The van der Waals surface area contributed by atoms with E-state index in [-0.39, 0.29) is 10.9 Å². The van der Waals surface area contributed by atoms with Crippen molar-refractivity contribution in [2.45, 2.75) is 6.92 Å². The molecule has 0 saturated carbocycles. The highest BCUT2D eigenvalue weighted by Crippen LogP contribution is 2.20. The number of hydrogen-bond acceptors (Lipinski definition) is 2. The van der Waals surface area contributed by atoms with Crippen molar-refractivity contribution in [2.24, 2.45) is 5.10 Å². The maximum atomic E-state index is 12.0. The predicted molar refractivity (Wildman–Crippen MR) is 90.3 cm³/mol. The van der Waals surface area contributed by atoms with Crippen molar-refractivity contribution in [3.8, 4) is 0 Å². The van der Waals surface area contributed by atoms with E-state index in [1.807, 2.05) is 31.2 Å². The van der Waals surface area contributed by atoms with Gasteiger partial charge in [-0.25, -0.2) is 5.43 Å². The van der Waals surface area contributed by atoms with Gasteiger partial charge >= 0.3 is 0 Å². The van der Waals surface area contributed by atoms with Gasteiger partial charge in [0.2, 0.25) is 0 Å². The molecule has 108 valence electrons. The second-order valence-electron chi connectivity index (χ2n) is 4.27. The second kappa shape index (κ2) is 7.07. The molecule has 0 heterocycles. The fourth-order valence-corrected chi connectivity index (χ4v) is 2.38. The standard InChI is InChI=1S/C15H11BrCl2N2O/c1-9(10-2-4-11(16)5-3-10)19-20-15(21)13-7-6-12(17)8-14(13)18/h2-8H,1H3,(H,20,21)/b19-9-. The highest BCUT2D eigenvalue weighted by atomic mass is 79.9. The van der Waals surface area contributed by atoms with E-state index in [4.69, 9.17) is 23.2 Å². The van der Waals surface area contributed by atoms with Gasteiger partial charge in [0, 0.05) is 9.50 Å². The van der Waals surface area contributed by atoms with E-state index in [0.717, 1.165) is 10.0 Å². The van der Waals surface area contributed by atoms with Crippen LogP contribution in [0.4, 0.5) is 0 Å². The van der Waals surface area contributed by atoms with Crippen LogP contribution in [-0.4, -0.2) is 11.6 Å². The SMILES string of the molecule is C/C(=N/NC(=O)c1ccc(Cl)cc1Cl)c1ccc(Br)cc1. The van der Waals surface area contributed by atoms with Crippen LogP contribution in [0.3, 0.4) is 0 Å². The van der Waals surface area contributed by atoms with Crippen molar-refractivity contribution in [2.75, 3.05) is 0 Å². The number of rotatable bonds is 3. The number of carbonyl (C=O) groups is 1. The molecular formula is C15H11BrCl2N2O. The Hall–Kier alpha value is -1.36. The van der Waals surface area contributed by atoms with Crippen LogP contribution in [0.15, 0.2) is 52.0 Å². The third-order valence-electron chi connectivity index (χ3n) is 2.76. The number of carbonyl (C=O) groups excluding carboxylic acids is 1. The number of halogens is 3. The molecule has 0 aliphatic heterocycles. The summed E-state index contributed by atoms with van der Waals surface area (Å²) in [5.41, 5.74) is 4.42. The molecule has 6 heteroatoms. The number of hydrazone groups is 1. The summed E-state index contributed by atoms with van der Waals surface area (Å²) in [6.45, 7) is 1.81. The molecule has 2 aromatic carbocycles. The molecule has 1 amide bonds. The minimum absolute atomic E-state index is 0.288. The molecule has 2 rings (SSSR count). The lowest BCUT2D eigenvalue weighted by Crippen LogP contribution is -2.19. The quantitative estimate of drug-likeness (QED) is 0.591. The number of benzene rings is 2. The molecule has 1 N–H and O–H groups in total. The van der Waals surface area contributed by atoms with Gasteiger partial charge in [-0.1, -0.05) is 51.3 Å². The van der Waals surface area contributed by atoms with Gasteiger partial charge in [-0.05, 0) is 42.8 Å². The van der Waals surface area contributed by atoms with Crippen LogP contribution in [0.25, 0.3) is 0 Å². The molecule has 0 bridgehead atoms. The average molecular weight is 386 g/mol. The Balaban J connectivity index is 2.12. The van der Waals surface area contributed by atoms with E-state index in [9.17, 15) is 4.79 Å². The van der Waals surface area contributed by atoms with Crippen molar-refractivity contribution in [3.05, 3.63) is 68.1 Å². The lowest BCUT2D eigenvalue weighted by atomic mass is 10.1. The van der Waals surface area contributed by atoms with Gasteiger partial charge in [-0.15, -0.1) is 0 Å². The van der Waals surface area contributed by atoms with Gasteiger partial charge in [0.15, 0.2) is 0 Å². The Labute approximate surface area is 141 Å². The smallest absolute Gasteiger partial charge is 0.267 e. The molecule has 0 saturated heterocycles. The highest BCUT2D eigenvalue weighted by Gasteiger charge is 2.10. The van der Waals surface area contributed by atoms with Crippen LogP contribution in [0.2, 0.25) is 10.0 Å². The average Bonchev–Trinajstić information content (AvgIpc) is 2.45. The van der Waals surface area contributed by atoms with Crippen LogP contribution in [0.1, 0.15) is 22.8 Å². The largest absolute Gasteiger partial charge is 0.272 e. The summed E-state index contributed by atoms with van der Waals surface area (Å²) in [5, 5.41) is 4.84. The molecule has 0 radical (unpaired) electrons. The zero-order valence-corrected chi connectivity index (χ0v) is 14.1. The number of hydrogen-bond donors (Lipinski definition) is 1. The third kappa shape index (κ3) is 4.30. The molecule has 0 aromatic heterocycles. The van der Waals surface area contributed by atoms with Crippen LogP contribution in [0.5, 0.6) is 0 Å². The van der Waals surface area contributed by atoms with E-state index in [2.05, 4.69) is 26.5 Å². The maximum absolute atomic E-state index is 12.0. The topological polar surface area (TPSA) is 41.5 Å². The van der Waals surface area contributed by atoms with Gasteiger partial charge in [-0.2, -0.15) is 5.10 Å². The van der Waals surface area contributed by atoms with Gasteiger partial charge in [0.25, 0.3) is 5.91 Å². The van der Waals surface area contributed by atoms with Crippen LogP contribution in [0, 0.1) is 0 Å². The van der Waals surface area contributed by atoms with Gasteiger partial charge < -0.3 is 0 Å². The first-order valence-electron chi connectivity index (χ1n) is 6.03. The Kier molecular flexibility index (Phi) is 5.39. The third-order valence-corrected chi connectivity index (χ3v) is 3.84. The summed E-state index contributed by atoms with van der Waals surface area (Å²) in [7, 11) is 0. The molecule has 2 aromatic rings. The Morgan fingerprint density at radius 3 is 2.43 bits per heavy atom. The van der Waals surface area contributed by atoms with Gasteiger partial charge in [-0.3, -0.25) is 4.79 Å². The summed E-state index contributed by atoms with van der Waals surface area (Å²) in [5.74, 6) is -0.381. The van der Waals surface area contributed by atoms with Crippen molar-refractivity contribution in [1.29, 1.82) is 0 Å². The monoisotopic (exact) mass is 384 g/mol. The molecule has 21 heavy (non-hydrogen) atoms. The molecule has 0 aliphatic carbocycles. The fourth-order valence-electron chi connectivity index (χ4n) is 1.62. The van der Waals surface area contributed by atoms with E-state index < -0.39 is 0 Å². The summed E-state index contributed by atoms with van der Waals surface area (Å²) in [6.07, 6.45) is 0. The first kappa shape index (κ1) is 16.0. The zero-order chi connectivity index (χ0) is 15.4. The minimum Gasteiger partial charge on any atom is -0.267 e. The predicted octanol–water partition coefficient (Wildman–Crippen LogP) is 4.91. The van der Waals surface area contributed by atoms with Crippen LogP contribution >= 0.6 is 39.1 Å². The van der Waals surface area contributed by atoms with E-state index in [1.165, 1.54) is 6.07 Å². The lowest BCUT2D eigenvalue weighted by molar-refractivity contribution is 0.0955. The number of amides is 1. The van der Waals surface area contributed by atoms with E-state index in [1.54, 1.807) is 12.1 Å². The van der Waals surface area contributed by atoms with Crippen LogP contribution < -0.4 is 5.43 Å². The lowest BCUT2D eigenvalue weighted by Gasteiger charge is -2.05. The summed E-state index contributed by atoms with van der Waals surface area (Å²) in [6, 6.07) is 12.3. The van der Waals surface area contributed by atoms with Gasteiger partial charge in [0.1, 0.15) is 0 Å². The first-order chi connectivity index (χ1) is 9.97. The number of nitrogens with zero attached hydrogens (tertiary/aromatic N) is 1. The molecular weight excluding hydrogens is 375 g/mol. The van der Waals surface area contributed by atoms with Crippen molar-refractivity contribution in [3.63, 3.8) is 0 Å². The van der Waals surface area contributed by atoms with Crippen molar-refractivity contribution < 1.29 is 4.79 Å². The van der Waals surface area contributed by atoms with Crippen molar-refractivity contribution in [1.82, 2.24) is 5.43 Å². The summed E-state index contributed by atoms with van der Waals surface area (Å²) >= 11 is 15.1. The van der Waals surface area contributed by atoms with Crippen molar-refractivity contribution >= 4 is 50.8 Å². The Bertz CT molecular complexity index is 699. The molecule has 0 atom stereocenters. The summed E-state index contributed by atoms with van der Waals surface area (Å²) in [4.78, 5) is 12.0. The first-order valence-corrected chi connectivity index (χ1v) is 7.58. The zero-order valence-electron chi connectivity index (χ0n) is 11.0.